The Balaban J connectivity index is 1.69. The molecule has 1 aromatic rings. The standard InChI is InChI=1S/C16H24N2O3/c1-13(2)18-9-7-17(8-10-18)11-12-21-15-5-3-14(4-6-15)16(19)20/h3-6,13H,7-12H2,1-2H3,(H,19,20). The normalized spacial score (nSPS) is 17.1. The fraction of sp³-hybridized carbons (Fsp3) is 0.562. The summed E-state index contributed by atoms with van der Waals surface area (Å²) in [6, 6.07) is 7.18. The molecule has 5 heteroatoms. The maximum Gasteiger partial charge on any atom is 0.335 e. The highest BCUT2D eigenvalue weighted by atomic mass is 16.5. The van der Waals surface area contributed by atoms with Crippen LogP contribution in [-0.2, 0) is 0 Å². The molecule has 1 N–H and O–H groups in total. The molecule has 5 nitrogen and oxygen atoms in total. The molecule has 1 fully saturated rings. The molecule has 2 rings (SSSR count). The number of rotatable bonds is 6. The van der Waals surface area contributed by atoms with Crippen molar-refractivity contribution in [2.24, 2.45) is 0 Å². The third kappa shape index (κ3) is 4.72. The smallest absolute Gasteiger partial charge is 0.335 e. The van der Waals surface area contributed by atoms with Gasteiger partial charge in [-0.05, 0) is 38.1 Å². The number of ether oxygens (including phenoxy) is 1. The second-order valence-corrected chi connectivity index (χ2v) is 5.65. The van der Waals surface area contributed by atoms with Gasteiger partial charge in [-0.3, -0.25) is 9.80 Å². The van der Waals surface area contributed by atoms with Crippen molar-refractivity contribution < 1.29 is 14.6 Å². The minimum absolute atomic E-state index is 0.284. The molecule has 1 aromatic carbocycles. The molecule has 21 heavy (non-hydrogen) atoms. The predicted octanol–water partition coefficient (Wildman–Crippen LogP) is 1.79. The number of benzene rings is 1. The van der Waals surface area contributed by atoms with Gasteiger partial charge in [0.15, 0.2) is 0 Å². The second kappa shape index (κ2) is 7.43. The predicted molar refractivity (Wildman–Crippen MR) is 82.0 cm³/mol. The fourth-order valence-electron chi connectivity index (χ4n) is 2.49. The van der Waals surface area contributed by atoms with E-state index in [2.05, 4.69) is 23.6 Å². The van der Waals surface area contributed by atoms with E-state index in [1.807, 2.05) is 0 Å². The molecule has 1 saturated heterocycles. The zero-order chi connectivity index (χ0) is 15.2. The van der Waals surface area contributed by atoms with E-state index in [0.29, 0.717) is 12.6 Å². The number of nitrogens with zero attached hydrogens (tertiary/aromatic N) is 2. The summed E-state index contributed by atoms with van der Waals surface area (Å²) < 4.78 is 5.67. The van der Waals surface area contributed by atoms with Crippen molar-refractivity contribution in [1.82, 2.24) is 9.80 Å². The topological polar surface area (TPSA) is 53.0 Å². The molecule has 1 aliphatic rings. The maximum atomic E-state index is 10.8. The lowest BCUT2D eigenvalue weighted by Crippen LogP contribution is -2.49. The van der Waals surface area contributed by atoms with Gasteiger partial charge in [0.2, 0.25) is 0 Å². The van der Waals surface area contributed by atoms with Crippen LogP contribution in [0.15, 0.2) is 24.3 Å². The van der Waals surface area contributed by atoms with Crippen LogP contribution in [0.2, 0.25) is 0 Å². The molecule has 0 aliphatic carbocycles. The van der Waals surface area contributed by atoms with Crippen molar-refractivity contribution in [3.63, 3.8) is 0 Å². The van der Waals surface area contributed by atoms with Gasteiger partial charge in [0.25, 0.3) is 0 Å². The molecule has 1 heterocycles. The van der Waals surface area contributed by atoms with Crippen LogP contribution in [0.1, 0.15) is 24.2 Å². The Morgan fingerprint density at radius 1 is 1.19 bits per heavy atom. The zero-order valence-corrected chi connectivity index (χ0v) is 12.8. The van der Waals surface area contributed by atoms with E-state index in [9.17, 15) is 4.79 Å². The molecule has 0 amide bonds. The van der Waals surface area contributed by atoms with Crippen LogP contribution in [0, 0.1) is 0 Å². The van der Waals surface area contributed by atoms with Gasteiger partial charge in [-0.25, -0.2) is 4.79 Å². The highest BCUT2D eigenvalue weighted by molar-refractivity contribution is 5.87. The summed E-state index contributed by atoms with van der Waals surface area (Å²) in [6.07, 6.45) is 0. The van der Waals surface area contributed by atoms with Crippen LogP contribution in [-0.4, -0.2) is 66.2 Å². The monoisotopic (exact) mass is 292 g/mol. The van der Waals surface area contributed by atoms with E-state index in [0.717, 1.165) is 38.5 Å². The quantitative estimate of drug-likeness (QED) is 0.866. The van der Waals surface area contributed by atoms with E-state index in [1.165, 1.54) is 0 Å². The summed E-state index contributed by atoms with van der Waals surface area (Å²) in [7, 11) is 0. The molecule has 1 aliphatic heterocycles. The Bertz CT molecular complexity index is 451. The molecule has 0 atom stereocenters. The average Bonchev–Trinajstić information content (AvgIpc) is 2.48. The van der Waals surface area contributed by atoms with Gasteiger partial charge in [-0.1, -0.05) is 0 Å². The van der Waals surface area contributed by atoms with Gasteiger partial charge in [-0.15, -0.1) is 0 Å². The maximum absolute atomic E-state index is 10.8. The summed E-state index contributed by atoms with van der Waals surface area (Å²) >= 11 is 0. The van der Waals surface area contributed by atoms with Crippen LogP contribution in [0.4, 0.5) is 0 Å². The van der Waals surface area contributed by atoms with E-state index in [-0.39, 0.29) is 5.56 Å². The fourth-order valence-corrected chi connectivity index (χ4v) is 2.49. The molecular formula is C16H24N2O3. The molecule has 0 saturated carbocycles. The van der Waals surface area contributed by atoms with Gasteiger partial charge < -0.3 is 9.84 Å². The van der Waals surface area contributed by atoms with Crippen LogP contribution in [0.5, 0.6) is 5.75 Å². The summed E-state index contributed by atoms with van der Waals surface area (Å²) in [5, 5.41) is 8.83. The van der Waals surface area contributed by atoms with Gasteiger partial charge in [0.05, 0.1) is 5.56 Å². The Morgan fingerprint density at radius 3 is 2.33 bits per heavy atom. The summed E-state index contributed by atoms with van der Waals surface area (Å²) in [4.78, 5) is 15.7. The number of hydrogen-bond donors (Lipinski definition) is 1. The minimum atomic E-state index is -0.912. The van der Waals surface area contributed by atoms with Crippen molar-refractivity contribution in [2.45, 2.75) is 19.9 Å². The largest absolute Gasteiger partial charge is 0.492 e. The highest BCUT2D eigenvalue weighted by Gasteiger charge is 2.18. The number of piperazine rings is 1. The van der Waals surface area contributed by atoms with E-state index < -0.39 is 5.97 Å². The summed E-state index contributed by atoms with van der Waals surface area (Å²) in [5.41, 5.74) is 0.284. The van der Waals surface area contributed by atoms with Crippen molar-refractivity contribution in [3.8, 4) is 5.75 Å². The van der Waals surface area contributed by atoms with Crippen molar-refractivity contribution >= 4 is 5.97 Å². The number of carboxylic acids is 1. The third-order valence-electron chi connectivity index (χ3n) is 3.91. The van der Waals surface area contributed by atoms with Crippen molar-refractivity contribution in [2.75, 3.05) is 39.3 Å². The second-order valence-electron chi connectivity index (χ2n) is 5.65. The molecule has 0 bridgehead atoms. The molecular weight excluding hydrogens is 268 g/mol. The molecule has 0 spiro atoms. The number of aromatic carboxylic acids is 1. The lowest BCUT2D eigenvalue weighted by atomic mass is 10.2. The number of hydrogen-bond acceptors (Lipinski definition) is 4. The van der Waals surface area contributed by atoms with Crippen molar-refractivity contribution in [1.29, 1.82) is 0 Å². The minimum Gasteiger partial charge on any atom is -0.492 e. The highest BCUT2D eigenvalue weighted by Crippen LogP contribution is 2.12. The Kier molecular flexibility index (Phi) is 5.59. The van der Waals surface area contributed by atoms with Crippen LogP contribution >= 0.6 is 0 Å². The van der Waals surface area contributed by atoms with Gasteiger partial charge >= 0.3 is 5.97 Å². The molecule has 116 valence electrons. The Hall–Kier alpha value is -1.59. The number of carboxylic acid groups (broad SMARTS) is 1. The van der Waals surface area contributed by atoms with Crippen LogP contribution in [0.25, 0.3) is 0 Å². The van der Waals surface area contributed by atoms with Crippen LogP contribution < -0.4 is 4.74 Å². The van der Waals surface area contributed by atoms with Gasteiger partial charge in [0, 0.05) is 38.8 Å². The van der Waals surface area contributed by atoms with Crippen LogP contribution in [0.3, 0.4) is 0 Å². The third-order valence-corrected chi connectivity index (χ3v) is 3.91. The summed E-state index contributed by atoms with van der Waals surface area (Å²) in [6.45, 7) is 10.4. The van der Waals surface area contributed by atoms with E-state index in [4.69, 9.17) is 9.84 Å². The average molecular weight is 292 g/mol. The molecule has 0 unspecified atom stereocenters. The summed E-state index contributed by atoms with van der Waals surface area (Å²) in [5.74, 6) is -0.189. The molecule has 0 radical (unpaired) electrons. The van der Waals surface area contributed by atoms with E-state index in [1.54, 1.807) is 24.3 Å². The van der Waals surface area contributed by atoms with Gasteiger partial charge in [0.1, 0.15) is 12.4 Å². The zero-order valence-electron chi connectivity index (χ0n) is 12.8. The lowest BCUT2D eigenvalue weighted by Gasteiger charge is -2.36. The Morgan fingerprint density at radius 2 is 1.81 bits per heavy atom. The molecule has 0 aromatic heterocycles. The van der Waals surface area contributed by atoms with Gasteiger partial charge in [-0.2, -0.15) is 0 Å². The van der Waals surface area contributed by atoms with Crippen molar-refractivity contribution in [3.05, 3.63) is 29.8 Å². The Labute approximate surface area is 126 Å². The lowest BCUT2D eigenvalue weighted by molar-refractivity contribution is 0.0697. The first kappa shape index (κ1) is 15.8. The SMILES string of the molecule is CC(C)N1CCN(CCOc2ccc(C(=O)O)cc2)CC1. The van der Waals surface area contributed by atoms with E-state index >= 15 is 0 Å². The first-order chi connectivity index (χ1) is 10.1. The number of carbonyl (C=O) groups is 1. The first-order valence-corrected chi connectivity index (χ1v) is 7.49. The first-order valence-electron chi connectivity index (χ1n) is 7.49.